The van der Waals surface area contributed by atoms with Crippen molar-refractivity contribution in [1.82, 2.24) is 24.6 Å². The number of aliphatic carboxylic acids is 1. The molecule has 192 valence electrons. The third-order valence-corrected chi connectivity index (χ3v) is 6.30. The molecule has 3 heterocycles. The zero-order valence-electron chi connectivity index (χ0n) is 20.9. The average Bonchev–Trinajstić information content (AvgIpc) is 3.37. The highest BCUT2D eigenvalue weighted by Crippen LogP contribution is 2.35. The lowest BCUT2D eigenvalue weighted by Crippen LogP contribution is -2.38. The van der Waals surface area contributed by atoms with Gasteiger partial charge in [0.05, 0.1) is 57.1 Å². The summed E-state index contributed by atoms with van der Waals surface area (Å²) in [4.78, 5) is 22.3. The summed E-state index contributed by atoms with van der Waals surface area (Å²) in [5.41, 5.74) is 4.47. The van der Waals surface area contributed by atoms with Crippen LogP contribution in [0.3, 0.4) is 0 Å². The van der Waals surface area contributed by atoms with E-state index in [2.05, 4.69) is 25.3 Å². The third kappa shape index (κ3) is 6.79. The highest BCUT2D eigenvalue weighted by molar-refractivity contribution is 5.81. The number of nitrogens with zero attached hydrogens (tertiary/aromatic N) is 5. The molecule has 1 atom stereocenters. The Labute approximate surface area is 211 Å². The van der Waals surface area contributed by atoms with Gasteiger partial charge in [0.15, 0.2) is 0 Å². The molecule has 1 saturated heterocycles. The maximum absolute atomic E-state index is 11.4. The molecule has 0 aliphatic carbocycles. The fraction of sp³-hybridized carbons (Fsp3) is 0.462. The number of hydrogen-bond donors (Lipinski definition) is 2. The summed E-state index contributed by atoms with van der Waals surface area (Å²) >= 11 is 0. The van der Waals surface area contributed by atoms with Crippen molar-refractivity contribution >= 4 is 17.3 Å². The summed E-state index contributed by atoms with van der Waals surface area (Å²) in [6, 6.07) is 6.39. The van der Waals surface area contributed by atoms with Gasteiger partial charge in [-0.2, -0.15) is 5.10 Å². The summed E-state index contributed by atoms with van der Waals surface area (Å²) in [5.74, 6) is -0.883. The van der Waals surface area contributed by atoms with Crippen LogP contribution in [0.1, 0.15) is 38.2 Å². The zero-order chi connectivity index (χ0) is 25.3. The Morgan fingerprint density at radius 1 is 1.17 bits per heavy atom. The van der Waals surface area contributed by atoms with E-state index in [0.717, 1.165) is 68.2 Å². The van der Waals surface area contributed by atoms with E-state index in [0.29, 0.717) is 18.3 Å². The molecule has 3 aromatic rings. The van der Waals surface area contributed by atoms with Gasteiger partial charge in [0, 0.05) is 42.6 Å². The number of ether oxygens (including phenoxy) is 2. The van der Waals surface area contributed by atoms with Gasteiger partial charge in [0.25, 0.3) is 0 Å². The molecule has 2 N–H and O–H groups in total. The smallest absolute Gasteiger partial charge is 0.316 e. The monoisotopic (exact) mass is 494 g/mol. The van der Waals surface area contributed by atoms with Gasteiger partial charge in [-0.1, -0.05) is 19.1 Å². The minimum atomic E-state index is -0.804. The van der Waals surface area contributed by atoms with Crippen molar-refractivity contribution in [2.24, 2.45) is 0 Å². The Kier molecular flexibility index (Phi) is 8.85. The fourth-order valence-corrected chi connectivity index (χ4v) is 4.31. The Hall–Kier alpha value is -3.50. The first kappa shape index (κ1) is 25.6. The number of nitrogens with one attached hydrogen (secondary N) is 1. The minimum absolute atomic E-state index is 0.0788. The van der Waals surface area contributed by atoms with E-state index >= 15 is 0 Å². The first-order valence-corrected chi connectivity index (χ1v) is 12.5. The van der Waals surface area contributed by atoms with E-state index in [4.69, 9.17) is 9.47 Å². The summed E-state index contributed by atoms with van der Waals surface area (Å²) in [7, 11) is 0. The van der Waals surface area contributed by atoms with Crippen molar-refractivity contribution in [3.63, 3.8) is 0 Å². The van der Waals surface area contributed by atoms with Crippen LogP contribution in [0.25, 0.3) is 11.1 Å². The number of anilines is 2. The van der Waals surface area contributed by atoms with Gasteiger partial charge >= 0.3 is 12.0 Å². The third-order valence-electron chi connectivity index (χ3n) is 6.30. The van der Waals surface area contributed by atoms with E-state index in [1.807, 2.05) is 49.1 Å². The van der Waals surface area contributed by atoms with E-state index < -0.39 is 5.97 Å². The molecule has 1 aliphatic heterocycles. The molecule has 0 spiro atoms. The Morgan fingerprint density at radius 2 is 1.94 bits per heavy atom. The number of carboxylic acids is 1. The molecule has 0 amide bonds. The first-order chi connectivity index (χ1) is 17.6. The number of morpholine rings is 1. The van der Waals surface area contributed by atoms with Crippen LogP contribution >= 0.6 is 0 Å². The molecule has 4 rings (SSSR count). The maximum atomic E-state index is 11.4. The molecular weight excluding hydrogens is 460 g/mol. The van der Waals surface area contributed by atoms with Crippen LogP contribution in [0.5, 0.6) is 6.01 Å². The van der Waals surface area contributed by atoms with E-state index in [-0.39, 0.29) is 12.3 Å². The largest absolute Gasteiger partial charge is 0.481 e. The van der Waals surface area contributed by atoms with Crippen LogP contribution in [-0.4, -0.2) is 75.2 Å². The average molecular weight is 495 g/mol. The van der Waals surface area contributed by atoms with E-state index in [1.165, 1.54) is 0 Å². The Bertz CT molecular complexity index is 1130. The van der Waals surface area contributed by atoms with Crippen molar-refractivity contribution < 1.29 is 19.4 Å². The van der Waals surface area contributed by atoms with Crippen molar-refractivity contribution in [1.29, 1.82) is 0 Å². The van der Waals surface area contributed by atoms with Crippen molar-refractivity contribution in [3.05, 3.63) is 48.5 Å². The standard InChI is InChI=1S/C26H34N6O4/c1-3-19(14-25(33)34)20-5-6-23(24(13-20)30-22-16-27-26(28-17-22)36-4-2)21-15-29-32(18-21)8-7-31-9-11-35-12-10-31/h5-6,13,15-19,30H,3-4,7-12,14H2,1-2H3,(H,33,34)/t19-/m1/s1. The molecule has 0 bridgehead atoms. The molecule has 1 fully saturated rings. The Balaban J connectivity index is 1.58. The SMILES string of the molecule is CCOc1ncc(Nc2cc([C@H](CC)CC(=O)O)ccc2-c2cnn(CCN3CCOCC3)c2)cn1. The van der Waals surface area contributed by atoms with Gasteiger partial charge in [0.2, 0.25) is 0 Å². The van der Waals surface area contributed by atoms with Gasteiger partial charge in [-0.05, 0) is 30.9 Å². The van der Waals surface area contributed by atoms with Gasteiger partial charge in [-0.15, -0.1) is 0 Å². The van der Waals surface area contributed by atoms with Crippen LogP contribution in [0.2, 0.25) is 0 Å². The lowest BCUT2D eigenvalue weighted by molar-refractivity contribution is -0.137. The van der Waals surface area contributed by atoms with Crippen molar-refractivity contribution in [3.8, 4) is 17.1 Å². The van der Waals surface area contributed by atoms with Crippen LogP contribution < -0.4 is 10.1 Å². The number of benzene rings is 1. The lowest BCUT2D eigenvalue weighted by Gasteiger charge is -2.26. The van der Waals surface area contributed by atoms with Crippen LogP contribution in [0.4, 0.5) is 11.4 Å². The minimum Gasteiger partial charge on any atom is -0.481 e. The zero-order valence-corrected chi connectivity index (χ0v) is 20.9. The second kappa shape index (κ2) is 12.5. The molecule has 2 aromatic heterocycles. The second-order valence-electron chi connectivity index (χ2n) is 8.77. The van der Waals surface area contributed by atoms with Gasteiger partial charge < -0.3 is 19.9 Å². The number of carboxylic acid groups (broad SMARTS) is 1. The quantitative estimate of drug-likeness (QED) is 0.388. The Morgan fingerprint density at radius 3 is 2.64 bits per heavy atom. The maximum Gasteiger partial charge on any atom is 0.316 e. The van der Waals surface area contributed by atoms with Crippen LogP contribution in [0.15, 0.2) is 43.0 Å². The van der Waals surface area contributed by atoms with E-state index in [1.54, 1.807) is 12.4 Å². The molecule has 0 unspecified atom stereocenters. The number of carbonyl (C=O) groups is 1. The summed E-state index contributed by atoms with van der Waals surface area (Å²) in [6.07, 6.45) is 8.08. The van der Waals surface area contributed by atoms with Crippen LogP contribution in [0, 0.1) is 0 Å². The molecular formula is C26H34N6O4. The molecule has 1 aromatic carbocycles. The molecule has 0 saturated carbocycles. The van der Waals surface area contributed by atoms with E-state index in [9.17, 15) is 9.90 Å². The fourth-order valence-electron chi connectivity index (χ4n) is 4.31. The molecule has 0 radical (unpaired) electrons. The predicted octanol–water partition coefficient (Wildman–Crippen LogP) is 3.78. The molecule has 1 aliphatic rings. The van der Waals surface area contributed by atoms with Crippen molar-refractivity contribution in [2.45, 2.75) is 39.2 Å². The summed E-state index contributed by atoms with van der Waals surface area (Å²) < 4.78 is 12.7. The van der Waals surface area contributed by atoms with Gasteiger partial charge in [-0.25, -0.2) is 9.97 Å². The van der Waals surface area contributed by atoms with Crippen molar-refractivity contribution in [2.75, 3.05) is 44.8 Å². The highest BCUT2D eigenvalue weighted by Gasteiger charge is 2.17. The second-order valence-corrected chi connectivity index (χ2v) is 8.77. The van der Waals surface area contributed by atoms with Crippen LogP contribution in [-0.2, 0) is 16.1 Å². The van der Waals surface area contributed by atoms with Gasteiger partial charge in [-0.3, -0.25) is 14.4 Å². The normalized spacial score (nSPS) is 14.9. The summed E-state index contributed by atoms with van der Waals surface area (Å²) in [5, 5.41) is 17.4. The number of hydrogen-bond acceptors (Lipinski definition) is 8. The summed E-state index contributed by atoms with van der Waals surface area (Å²) in [6.45, 7) is 9.56. The molecule has 36 heavy (non-hydrogen) atoms. The predicted molar refractivity (Wildman–Crippen MR) is 137 cm³/mol. The lowest BCUT2D eigenvalue weighted by atomic mass is 9.91. The first-order valence-electron chi connectivity index (χ1n) is 12.5. The molecule has 10 heteroatoms. The highest BCUT2D eigenvalue weighted by atomic mass is 16.5. The number of rotatable bonds is 12. The van der Waals surface area contributed by atoms with Gasteiger partial charge in [0.1, 0.15) is 0 Å². The topological polar surface area (TPSA) is 115 Å². The number of aromatic nitrogens is 4. The molecule has 10 nitrogen and oxygen atoms in total.